The fourth-order valence-electron chi connectivity index (χ4n) is 2.46. The van der Waals surface area contributed by atoms with Crippen LogP contribution < -0.4 is 0 Å². The summed E-state index contributed by atoms with van der Waals surface area (Å²) in [5.41, 5.74) is -2.17. The smallest absolute Gasteiger partial charge is 0.324 e. The lowest BCUT2D eigenvalue weighted by Crippen LogP contribution is -2.68. The second-order valence-corrected chi connectivity index (χ2v) is 5.50. The van der Waals surface area contributed by atoms with Gasteiger partial charge in [-0.3, -0.25) is 10.1 Å². The minimum absolute atomic E-state index is 0.175. The van der Waals surface area contributed by atoms with Crippen LogP contribution >= 0.6 is 0 Å². The zero-order valence-corrected chi connectivity index (χ0v) is 11.6. The minimum Gasteiger partial charge on any atom is -0.420 e. The minimum atomic E-state index is -4.29. The van der Waals surface area contributed by atoms with Crippen molar-refractivity contribution in [1.82, 2.24) is 10.2 Å². The Balaban J connectivity index is 1.91. The van der Waals surface area contributed by atoms with Gasteiger partial charge in [0.1, 0.15) is 5.41 Å². The molecule has 1 atom stereocenters. The first kappa shape index (κ1) is 15.4. The van der Waals surface area contributed by atoms with Gasteiger partial charge in [-0.2, -0.15) is 17.6 Å². The van der Waals surface area contributed by atoms with Gasteiger partial charge in [-0.15, -0.1) is 10.2 Å². The van der Waals surface area contributed by atoms with Crippen molar-refractivity contribution in [3.8, 4) is 11.5 Å². The monoisotopic (exact) mass is 331 g/mol. The molecule has 1 aromatic carbocycles. The number of hydrogen-bond acceptors (Lipinski definition) is 5. The third-order valence-corrected chi connectivity index (χ3v) is 3.95. The lowest BCUT2D eigenvalue weighted by molar-refractivity contribution is -0.384. The molecule has 122 valence electrons. The van der Waals surface area contributed by atoms with E-state index in [4.69, 9.17) is 4.42 Å². The fraction of sp³-hybridized carbons (Fsp3) is 0.385. The third-order valence-electron chi connectivity index (χ3n) is 3.95. The highest BCUT2D eigenvalue weighted by Gasteiger charge is 2.80. The number of nitro benzene ring substituents is 1. The Hall–Kier alpha value is -2.52. The molecule has 0 saturated heterocycles. The molecule has 1 aliphatic rings. The van der Waals surface area contributed by atoms with Crippen molar-refractivity contribution in [2.45, 2.75) is 30.6 Å². The van der Waals surface area contributed by atoms with Crippen molar-refractivity contribution in [2.75, 3.05) is 0 Å². The Morgan fingerprint density at radius 2 is 1.78 bits per heavy atom. The Morgan fingerprint density at radius 1 is 1.17 bits per heavy atom. The van der Waals surface area contributed by atoms with Crippen LogP contribution in [-0.2, 0) is 5.41 Å². The van der Waals surface area contributed by atoms with Gasteiger partial charge in [-0.25, -0.2) is 0 Å². The first-order valence-electron chi connectivity index (χ1n) is 6.43. The highest BCUT2D eigenvalue weighted by molar-refractivity contribution is 5.55. The average molecular weight is 331 g/mol. The number of rotatable bonds is 3. The van der Waals surface area contributed by atoms with E-state index in [1.807, 2.05) is 0 Å². The molecule has 3 rings (SSSR count). The van der Waals surface area contributed by atoms with Gasteiger partial charge >= 0.3 is 11.8 Å². The second kappa shape index (κ2) is 4.49. The summed E-state index contributed by atoms with van der Waals surface area (Å²) in [5, 5.41) is 17.6. The van der Waals surface area contributed by atoms with Crippen LogP contribution in [0.25, 0.3) is 11.5 Å². The lowest BCUT2D eigenvalue weighted by Gasteiger charge is -2.49. The maximum Gasteiger partial charge on any atom is 0.324 e. The maximum atomic E-state index is 13.7. The summed E-state index contributed by atoms with van der Waals surface area (Å²) in [5.74, 6) is -9.19. The van der Waals surface area contributed by atoms with E-state index >= 15 is 0 Å². The molecule has 10 heteroatoms. The van der Waals surface area contributed by atoms with E-state index in [0.717, 1.165) is 6.92 Å². The molecule has 0 spiro atoms. The van der Waals surface area contributed by atoms with E-state index in [2.05, 4.69) is 10.2 Å². The number of alkyl halides is 4. The molecule has 6 nitrogen and oxygen atoms in total. The summed E-state index contributed by atoms with van der Waals surface area (Å²) < 4.78 is 58.5. The van der Waals surface area contributed by atoms with E-state index < -0.39 is 34.5 Å². The lowest BCUT2D eigenvalue weighted by atomic mass is 9.63. The van der Waals surface area contributed by atoms with Gasteiger partial charge < -0.3 is 4.42 Å². The number of nitrogens with zero attached hydrogens (tertiary/aromatic N) is 3. The van der Waals surface area contributed by atoms with E-state index in [-0.39, 0.29) is 17.1 Å². The molecule has 1 aromatic heterocycles. The molecule has 0 aliphatic heterocycles. The normalized spacial score (nSPS) is 24.9. The number of benzene rings is 1. The summed E-state index contributed by atoms with van der Waals surface area (Å²) in [6.45, 7) is 0.928. The van der Waals surface area contributed by atoms with Crippen LogP contribution in [0.1, 0.15) is 19.2 Å². The maximum absolute atomic E-state index is 13.7. The molecule has 23 heavy (non-hydrogen) atoms. The number of hydrogen-bond donors (Lipinski definition) is 0. The van der Waals surface area contributed by atoms with Crippen LogP contribution in [0.5, 0.6) is 0 Å². The molecule has 0 amide bonds. The van der Waals surface area contributed by atoms with Crippen LogP contribution in [-0.4, -0.2) is 27.0 Å². The predicted molar refractivity (Wildman–Crippen MR) is 68.3 cm³/mol. The average Bonchev–Trinajstić information content (AvgIpc) is 2.96. The van der Waals surface area contributed by atoms with E-state index in [9.17, 15) is 27.7 Å². The molecule has 2 aromatic rings. The quantitative estimate of drug-likeness (QED) is 0.488. The zero-order chi connectivity index (χ0) is 17.0. The standard InChI is InChI=1S/C13H9F4N3O3/c1-11(6-12(14,15)13(11,16)17)10-19-18-9(23-10)7-2-4-8(5-3-7)20(21)22/h2-5H,6H2,1H3. The zero-order valence-electron chi connectivity index (χ0n) is 11.6. The molecule has 1 aliphatic carbocycles. The highest BCUT2D eigenvalue weighted by Crippen LogP contribution is 2.63. The Bertz CT molecular complexity index is 775. The molecule has 0 N–H and O–H groups in total. The molecule has 1 unspecified atom stereocenters. The van der Waals surface area contributed by atoms with Gasteiger partial charge in [-0.1, -0.05) is 0 Å². The molecular weight excluding hydrogens is 322 g/mol. The van der Waals surface area contributed by atoms with Crippen LogP contribution in [0.4, 0.5) is 23.2 Å². The summed E-state index contributed by atoms with van der Waals surface area (Å²) in [4.78, 5) is 9.95. The van der Waals surface area contributed by atoms with Crippen LogP contribution in [0.3, 0.4) is 0 Å². The molecule has 1 saturated carbocycles. The summed E-state index contributed by atoms with van der Waals surface area (Å²) in [6, 6.07) is 4.94. The SMILES string of the molecule is CC1(c2nnc(-c3ccc([N+](=O)[O-])cc3)o2)CC(F)(F)C1(F)F. The molecular formula is C13H9F4N3O3. The van der Waals surface area contributed by atoms with Gasteiger partial charge in [0.15, 0.2) is 0 Å². The van der Waals surface area contributed by atoms with Gasteiger partial charge in [0.25, 0.3) is 5.69 Å². The predicted octanol–water partition coefficient (Wildman–Crippen LogP) is 3.58. The number of halogens is 4. The number of aromatic nitrogens is 2. The van der Waals surface area contributed by atoms with Gasteiger partial charge in [-0.05, 0) is 19.1 Å². The van der Waals surface area contributed by atoms with Crippen molar-refractivity contribution in [3.05, 3.63) is 40.3 Å². The topological polar surface area (TPSA) is 82.1 Å². The van der Waals surface area contributed by atoms with Crippen LogP contribution in [0.15, 0.2) is 28.7 Å². The second-order valence-electron chi connectivity index (χ2n) is 5.50. The van der Waals surface area contributed by atoms with Gasteiger partial charge in [0, 0.05) is 24.1 Å². The Morgan fingerprint density at radius 3 is 2.26 bits per heavy atom. The van der Waals surface area contributed by atoms with Crippen molar-refractivity contribution in [2.24, 2.45) is 0 Å². The molecule has 1 fully saturated rings. The summed E-state index contributed by atoms with van der Waals surface area (Å²) in [6.07, 6.45) is -1.10. The summed E-state index contributed by atoms with van der Waals surface area (Å²) >= 11 is 0. The third kappa shape index (κ3) is 2.01. The van der Waals surface area contributed by atoms with Crippen LogP contribution in [0.2, 0.25) is 0 Å². The fourth-order valence-corrected chi connectivity index (χ4v) is 2.46. The van der Waals surface area contributed by atoms with Crippen molar-refractivity contribution < 1.29 is 26.9 Å². The summed E-state index contributed by atoms with van der Waals surface area (Å²) in [7, 11) is 0. The molecule has 0 bridgehead atoms. The largest absolute Gasteiger partial charge is 0.420 e. The first-order chi connectivity index (χ1) is 10.6. The van der Waals surface area contributed by atoms with E-state index in [0.29, 0.717) is 0 Å². The Kier molecular flexibility index (Phi) is 3.00. The van der Waals surface area contributed by atoms with Gasteiger partial charge in [0.05, 0.1) is 4.92 Å². The molecule has 1 heterocycles. The van der Waals surface area contributed by atoms with E-state index in [1.54, 1.807) is 0 Å². The van der Waals surface area contributed by atoms with Crippen LogP contribution in [0, 0.1) is 10.1 Å². The van der Waals surface area contributed by atoms with Crippen molar-refractivity contribution in [3.63, 3.8) is 0 Å². The Labute approximate surface area is 126 Å². The first-order valence-corrected chi connectivity index (χ1v) is 6.43. The van der Waals surface area contributed by atoms with Gasteiger partial charge in [0.2, 0.25) is 11.8 Å². The highest BCUT2D eigenvalue weighted by atomic mass is 19.3. The molecule has 0 radical (unpaired) electrons. The van der Waals surface area contributed by atoms with Crippen molar-refractivity contribution in [1.29, 1.82) is 0 Å². The number of non-ortho nitro benzene ring substituents is 1. The van der Waals surface area contributed by atoms with E-state index in [1.165, 1.54) is 24.3 Å². The number of nitro groups is 1. The van der Waals surface area contributed by atoms with Crippen molar-refractivity contribution >= 4 is 5.69 Å².